The molecule has 0 radical (unpaired) electrons. The molecule has 1 aliphatic rings. The smallest absolute Gasteiger partial charge is 0.325 e. The molecule has 1 aromatic rings. The predicted octanol–water partition coefficient (Wildman–Crippen LogP) is 1.51. The number of likely N-dealkylation sites (tertiary alicyclic amines) is 1. The quantitative estimate of drug-likeness (QED) is 0.829. The van der Waals surface area contributed by atoms with Gasteiger partial charge in [0.25, 0.3) is 0 Å². The third-order valence-electron chi connectivity index (χ3n) is 4.26. The van der Waals surface area contributed by atoms with Gasteiger partial charge in [0.15, 0.2) is 0 Å². The molecule has 0 aliphatic carbocycles. The molecule has 1 fully saturated rings. The van der Waals surface area contributed by atoms with Crippen molar-refractivity contribution in [2.24, 2.45) is 0 Å². The maximum atomic E-state index is 12.1. The summed E-state index contributed by atoms with van der Waals surface area (Å²) >= 11 is 0. The molecule has 2 rings (SSSR count). The lowest BCUT2D eigenvalue weighted by Crippen LogP contribution is -2.52. The summed E-state index contributed by atoms with van der Waals surface area (Å²) < 4.78 is 15.8. The van der Waals surface area contributed by atoms with E-state index >= 15 is 0 Å². The molecule has 1 aromatic carbocycles. The van der Waals surface area contributed by atoms with Crippen LogP contribution in [0.5, 0.6) is 11.5 Å². The Kier molecular flexibility index (Phi) is 5.85. The summed E-state index contributed by atoms with van der Waals surface area (Å²) in [6.45, 7) is 3.12. The molecule has 0 aromatic heterocycles. The van der Waals surface area contributed by atoms with Gasteiger partial charge in [0.2, 0.25) is 0 Å². The van der Waals surface area contributed by atoms with Crippen molar-refractivity contribution < 1.29 is 24.1 Å². The lowest BCUT2D eigenvalue weighted by Gasteiger charge is -2.37. The summed E-state index contributed by atoms with van der Waals surface area (Å²) in [6.07, 6.45) is 0.697. The maximum absolute atomic E-state index is 12.1. The summed E-state index contributed by atoms with van der Waals surface area (Å²) in [5.74, 6) is 1.01. The number of hydrogen-bond acceptors (Lipinski definition) is 6. The second-order valence-corrected chi connectivity index (χ2v) is 5.80. The van der Waals surface area contributed by atoms with E-state index in [0.717, 1.165) is 17.5 Å². The van der Waals surface area contributed by atoms with Gasteiger partial charge < -0.3 is 19.3 Å². The zero-order chi connectivity index (χ0) is 17.0. The molecule has 1 N–H and O–H groups in total. The van der Waals surface area contributed by atoms with Crippen molar-refractivity contribution in [2.75, 3.05) is 27.9 Å². The molecule has 1 heterocycles. The van der Waals surface area contributed by atoms with E-state index in [1.807, 2.05) is 24.0 Å². The number of ether oxygens (including phenoxy) is 3. The molecule has 0 bridgehead atoms. The normalized spacial score (nSPS) is 21.8. The molecule has 0 saturated carbocycles. The van der Waals surface area contributed by atoms with Crippen molar-refractivity contribution >= 4 is 5.97 Å². The molecular weight excluding hydrogens is 298 g/mol. The lowest BCUT2D eigenvalue weighted by atomic mass is 9.97. The molecule has 2 unspecified atom stereocenters. The monoisotopic (exact) mass is 323 g/mol. The van der Waals surface area contributed by atoms with E-state index in [9.17, 15) is 9.90 Å². The van der Waals surface area contributed by atoms with Gasteiger partial charge in [-0.25, -0.2) is 0 Å². The Morgan fingerprint density at radius 1 is 1.26 bits per heavy atom. The van der Waals surface area contributed by atoms with E-state index in [4.69, 9.17) is 14.2 Å². The highest BCUT2D eigenvalue weighted by Crippen LogP contribution is 2.33. The van der Waals surface area contributed by atoms with Gasteiger partial charge in [-0.05, 0) is 44.0 Å². The van der Waals surface area contributed by atoms with Crippen molar-refractivity contribution in [3.05, 3.63) is 23.3 Å². The van der Waals surface area contributed by atoms with Gasteiger partial charge in [-0.15, -0.1) is 0 Å². The summed E-state index contributed by atoms with van der Waals surface area (Å²) in [7, 11) is 4.57. The Hall–Kier alpha value is -1.79. The fraction of sp³-hybridized carbons (Fsp3) is 0.588. The van der Waals surface area contributed by atoms with Gasteiger partial charge in [-0.1, -0.05) is 0 Å². The number of nitrogens with zero attached hydrogens (tertiary/aromatic N) is 1. The van der Waals surface area contributed by atoms with Gasteiger partial charge in [-0.3, -0.25) is 9.69 Å². The van der Waals surface area contributed by atoms with Crippen LogP contribution in [0.1, 0.15) is 24.0 Å². The highest BCUT2D eigenvalue weighted by atomic mass is 16.5. The third-order valence-corrected chi connectivity index (χ3v) is 4.26. The van der Waals surface area contributed by atoms with Gasteiger partial charge in [-0.2, -0.15) is 0 Å². The Morgan fingerprint density at radius 2 is 1.87 bits per heavy atom. The third kappa shape index (κ3) is 3.76. The van der Waals surface area contributed by atoms with E-state index in [0.29, 0.717) is 31.0 Å². The van der Waals surface area contributed by atoms with Crippen LogP contribution in [0.2, 0.25) is 0 Å². The van der Waals surface area contributed by atoms with Crippen molar-refractivity contribution in [3.8, 4) is 11.5 Å². The first kappa shape index (κ1) is 17.6. The fourth-order valence-corrected chi connectivity index (χ4v) is 3.12. The molecule has 6 heteroatoms. The van der Waals surface area contributed by atoms with Gasteiger partial charge >= 0.3 is 5.97 Å². The molecule has 128 valence electrons. The predicted molar refractivity (Wildman–Crippen MR) is 85.7 cm³/mol. The highest BCUT2D eigenvalue weighted by molar-refractivity contribution is 5.76. The number of carbonyl (C=O) groups excluding carboxylic acids is 1. The topological polar surface area (TPSA) is 68.2 Å². The molecule has 1 aliphatic heterocycles. The first-order valence-electron chi connectivity index (χ1n) is 7.73. The van der Waals surface area contributed by atoms with Crippen molar-refractivity contribution in [3.63, 3.8) is 0 Å². The van der Waals surface area contributed by atoms with Crippen LogP contribution in [0.15, 0.2) is 12.1 Å². The van der Waals surface area contributed by atoms with Crippen molar-refractivity contribution in [1.82, 2.24) is 4.90 Å². The summed E-state index contributed by atoms with van der Waals surface area (Å²) in [4.78, 5) is 14.0. The van der Waals surface area contributed by atoms with Crippen molar-refractivity contribution in [1.29, 1.82) is 0 Å². The second kappa shape index (κ2) is 7.66. The maximum Gasteiger partial charge on any atom is 0.325 e. The number of piperidine rings is 1. The molecule has 0 spiro atoms. The zero-order valence-electron chi connectivity index (χ0n) is 14.2. The van der Waals surface area contributed by atoms with Crippen LogP contribution in [0.25, 0.3) is 0 Å². The standard InChI is InChI=1S/C17H25NO5/c1-11-8-14(21-2)12(15(9-11)22-3)10-18-7-5-6-13(19)16(18)17(20)23-4/h8-9,13,16,19H,5-7,10H2,1-4H3. The summed E-state index contributed by atoms with van der Waals surface area (Å²) in [6, 6.07) is 3.21. The largest absolute Gasteiger partial charge is 0.496 e. The zero-order valence-corrected chi connectivity index (χ0v) is 14.2. The number of methoxy groups -OCH3 is 3. The summed E-state index contributed by atoms with van der Waals surface area (Å²) in [5, 5.41) is 10.2. The van der Waals surface area contributed by atoms with E-state index in [1.54, 1.807) is 14.2 Å². The van der Waals surface area contributed by atoms with Crippen LogP contribution in [-0.2, 0) is 16.1 Å². The van der Waals surface area contributed by atoms with Crippen molar-refractivity contribution in [2.45, 2.75) is 38.5 Å². The van der Waals surface area contributed by atoms with Gasteiger partial charge in [0.05, 0.1) is 33.0 Å². The van der Waals surface area contributed by atoms with E-state index in [-0.39, 0.29) is 0 Å². The first-order valence-corrected chi connectivity index (χ1v) is 7.73. The minimum Gasteiger partial charge on any atom is -0.496 e. The highest BCUT2D eigenvalue weighted by Gasteiger charge is 2.37. The molecule has 2 atom stereocenters. The number of esters is 1. The Balaban J connectivity index is 2.34. The number of carbonyl (C=O) groups is 1. The first-order chi connectivity index (χ1) is 11.0. The second-order valence-electron chi connectivity index (χ2n) is 5.80. The van der Waals surface area contributed by atoms with Crippen LogP contribution >= 0.6 is 0 Å². The van der Waals surface area contributed by atoms with E-state index in [1.165, 1.54) is 7.11 Å². The van der Waals surface area contributed by atoms with E-state index in [2.05, 4.69) is 0 Å². The van der Waals surface area contributed by atoms with Gasteiger partial charge in [0, 0.05) is 6.54 Å². The molecule has 0 amide bonds. The lowest BCUT2D eigenvalue weighted by molar-refractivity contribution is -0.154. The Bertz CT molecular complexity index is 535. The average Bonchev–Trinajstić information content (AvgIpc) is 2.55. The fourth-order valence-electron chi connectivity index (χ4n) is 3.12. The molecule has 1 saturated heterocycles. The minimum absolute atomic E-state index is 0.415. The number of aliphatic hydroxyl groups is 1. The number of rotatable bonds is 5. The molecular formula is C17H25NO5. The summed E-state index contributed by atoms with van der Waals surface area (Å²) in [5.41, 5.74) is 1.90. The van der Waals surface area contributed by atoms with Crippen LogP contribution in [0.3, 0.4) is 0 Å². The number of benzene rings is 1. The number of aryl methyl sites for hydroxylation is 1. The number of aliphatic hydroxyl groups excluding tert-OH is 1. The van der Waals surface area contributed by atoms with Crippen LogP contribution < -0.4 is 9.47 Å². The SMILES string of the molecule is COC(=O)C1C(O)CCCN1Cc1c(OC)cc(C)cc1OC. The van der Waals surface area contributed by atoms with Crippen LogP contribution in [-0.4, -0.2) is 56.0 Å². The average molecular weight is 323 g/mol. The Morgan fingerprint density at radius 3 is 2.39 bits per heavy atom. The van der Waals surface area contributed by atoms with Crippen LogP contribution in [0.4, 0.5) is 0 Å². The molecule has 6 nitrogen and oxygen atoms in total. The van der Waals surface area contributed by atoms with Crippen LogP contribution in [0, 0.1) is 6.92 Å². The van der Waals surface area contributed by atoms with Gasteiger partial charge in [0.1, 0.15) is 17.5 Å². The number of hydrogen-bond donors (Lipinski definition) is 1. The van der Waals surface area contributed by atoms with E-state index < -0.39 is 18.1 Å². The minimum atomic E-state index is -0.723. The molecule has 23 heavy (non-hydrogen) atoms. The Labute approximate surface area is 136 Å².